The van der Waals surface area contributed by atoms with Gasteiger partial charge in [0, 0.05) is 23.5 Å². The molecule has 0 radical (unpaired) electrons. The fraction of sp³-hybridized carbons (Fsp3) is 0.444. The number of thiazole rings is 1. The highest BCUT2D eigenvalue weighted by atomic mass is 32.2. The highest BCUT2D eigenvalue weighted by Gasteiger charge is 2.35. The van der Waals surface area contributed by atoms with Crippen LogP contribution in [0.2, 0.25) is 0 Å². The molecule has 1 aromatic carbocycles. The van der Waals surface area contributed by atoms with E-state index in [1.54, 1.807) is 4.90 Å². The summed E-state index contributed by atoms with van der Waals surface area (Å²) in [7, 11) is -3.01. The summed E-state index contributed by atoms with van der Waals surface area (Å²) in [4.78, 5) is 19.2. The van der Waals surface area contributed by atoms with Crippen LogP contribution in [0.5, 0.6) is 0 Å². The van der Waals surface area contributed by atoms with Gasteiger partial charge in [-0.05, 0) is 20.3 Å². The van der Waals surface area contributed by atoms with Crippen molar-refractivity contribution in [1.29, 1.82) is 0 Å². The summed E-state index contributed by atoms with van der Waals surface area (Å²) in [6.07, 6.45) is 0.536. The second-order valence-corrected chi connectivity index (χ2v) is 11.0. The molecular weight excluding hydrogens is 388 g/mol. The van der Waals surface area contributed by atoms with E-state index in [0.29, 0.717) is 13.0 Å². The van der Waals surface area contributed by atoms with Crippen LogP contribution >= 0.6 is 23.1 Å². The number of nitrogens with zero attached hydrogens (tertiary/aromatic N) is 2. The quantitative estimate of drug-likeness (QED) is 0.684. The summed E-state index contributed by atoms with van der Waals surface area (Å²) in [6.45, 7) is 4.29. The summed E-state index contributed by atoms with van der Waals surface area (Å²) in [5.74, 6) is 0.242. The molecular formula is C18H22N2O3S3. The number of aromatic nitrogens is 1. The molecule has 2 aromatic rings. The molecule has 1 amide bonds. The van der Waals surface area contributed by atoms with Gasteiger partial charge < -0.3 is 4.90 Å². The van der Waals surface area contributed by atoms with Crippen molar-refractivity contribution in [2.75, 3.05) is 18.1 Å². The molecule has 5 nitrogen and oxygen atoms in total. The third-order valence-electron chi connectivity index (χ3n) is 4.45. The van der Waals surface area contributed by atoms with Gasteiger partial charge in [0.15, 0.2) is 14.2 Å². The molecule has 0 bridgehead atoms. The fourth-order valence-electron chi connectivity index (χ4n) is 3.10. The van der Waals surface area contributed by atoms with Crippen LogP contribution in [0.3, 0.4) is 0 Å². The molecule has 1 aliphatic heterocycles. The van der Waals surface area contributed by atoms with E-state index in [4.69, 9.17) is 0 Å². The van der Waals surface area contributed by atoms with Crippen molar-refractivity contribution < 1.29 is 13.2 Å². The average Bonchev–Trinajstić information content (AvgIpc) is 3.22. The number of sulfone groups is 1. The molecule has 3 rings (SSSR count). The molecule has 1 aromatic heterocycles. The average molecular weight is 411 g/mol. The Morgan fingerprint density at radius 3 is 2.73 bits per heavy atom. The molecule has 0 N–H and O–H groups in total. The second-order valence-electron chi connectivity index (χ2n) is 6.31. The molecule has 1 aliphatic rings. The van der Waals surface area contributed by atoms with Gasteiger partial charge in [0.2, 0.25) is 5.91 Å². The SMILES string of the molecule is CCN(C(=O)[C@H](C)Sc1nc(-c2ccccc2)cs1)[C@H]1CCS(=O)(=O)C1. The van der Waals surface area contributed by atoms with Gasteiger partial charge in [-0.1, -0.05) is 42.1 Å². The van der Waals surface area contributed by atoms with Crippen LogP contribution in [0.1, 0.15) is 20.3 Å². The van der Waals surface area contributed by atoms with Gasteiger partial charge in [0.1, 0.15) is 0 Å². The normalized spacial score (nSPS) is 20.0. The Labute approximate surface area is 162 Å². The number of benzene rings is 1. The van der Waals surface area contributed by atoms with Crippen molar-refractivity contribution in [2.24, 2.45) is 0 Å². The van der Waals surface area contributed by atoms with Crippen LogP contribution < -0.4 is 0 Å². The number of rotatable bonds is 6. The summed E-state index contributed by atoms with van der Waals surface area (Å²) in [5.41, 5.74) is 1.97. The molecule has 2 heterocycles. The molecule has 140 valence electrons. The van der Waals surface area contributed by atoms with Crippen molar-refractivity contribution >= 4 is 38.8 Å². The molecule has 0 aliphatic carbocycles. The van der Waals surface area contributed by atoms with E-state index in [2.05, 4.69) is 4.98 Å². The third-order valence-corrected chi connectivity index (χ3v) is 8.26. The van der Waals surface area contributed by atoms with Crippen molar-refractivity contribution in [2.45, 2.75) is 35.9 Å². The van der Waals surface area contributed by atoms with Gasteiger partial charge in [-0.3, -0.25) is 4.79 Å². The maximum atomic E-state index is 12.8. The first-order valence-electron chi connectivity index (χ1n) is 8.58. The molecule has 8 heteroatoms. The third kappa shape index (κ3) is 4.47. The highest BCUT2D eigenvalue weighted by molar-refractivity contribution is 8.02. The summed E-state index contributed by atoms with van der Waals surface area (Å²) in [5, 5.41) is 1.70. The van der Waals surface area contributed by atoms with Crippen molar-refractivity contribution in [3.8, 4) is 11.3 Å². The van der Waals surface area contributed by atoms with Crippen LogP contribution in [0, 0.1) is 0 Å². The van der Waals surface area contributed by atoms with Gasteiger partial charge >= 0.3 is 0 Å². The molecule has 0 spiro atoms. The van der Waals surface area contributed by atoms with Crippen molar-refractivity contribution in [3.05, 3.63) is 35.7 Å². The standard InChI is InChI=1S/C18H22N2O3S3/c1-3-20(15-9-10-26(22,23)12-15)17(21)13(2)25-18-19-16(11-24-18)14-7-5-4-6-8-14/h4-8,11,13,15H,3,9-10,12H2,1-2H3/t13-,15-/m0/s1. The second kappa shape index (κ2) is 8.10. The number of hydrogen-bond donors (Lipinski definition) is 0. The van der Waals surface area contributed by atoms with Crippen LogP contribution in [-0.4, -0.2) is 53.6 Å². The van der Waals surface area contributed by atoms with Crippen molar-refractivity contribution in [1.82, 2.24) is 9.88 Å². The number of hydrogen-bond acceptors (Lipinski definition) is 6. The van der Waals surface area contributed by atoms with E-state index < -0.39 is 9.84 Å². The molecule has 26 heavy (non-hydrogen) atoms. The Morgan fingerprint density at radius 2 is 2.12 bits per heavy atom. The number of amides is 1. The molecule has 0 unspecified atom stereocenters. The minimum Gasteiger partial charge on any atom is -0.338 e. The fourth-order valence-corrected chi connectivity index (χ4v) is 6.88. The Kier molecular flexibility index (Phi) is 6.04. The van der Waals surface area contributed by atoms with Gasteiger partial charge in [0.05, 0.1) is 22.4 Å². The zero-order valence-electron chi connectivity index (χ0n) is 14.8. The highest BCUT2D eigenvalue weighted by Crippen LogP contribution is 2.32. The first-order chi connectivity index (χ1) is 12.4. The molecule has 0 saturated carbocycles. The first kappa shape index (κ1) is 19.4. The van der Waals surface area contributed by atoms with E-state index in [1.165, 1.54) is 23.1 Å². The van der Waals surface area contributed by atoms with Crippen LogP contribution in [0.25, 0.3) is 11.3 Å². The Bertz CT molecular complexity index is 865. The largest absolute Gasteiger partial charge is 0.338 e. The Balaban J connectivity index is 1.66. The minimum absolute atomic E-state index is 0.0175. The predicted molar refractivity (Wildman–Crippen MR) is 107 cm³/mol. The van der Waals surface area contributed by atoms with Gasteiger partial charge in [-0.15, -0.1) is 11.3 Å². The zero-order chi connectivity index (χ0) is 18.7. The molecule has 1 saturated heterocycles. The summed E-state index contributed by atoms with van der Waals surface area (Å²) >= 11 is 2.96. The van der Waals surface area contributed by atoms with Crippen LogP contribution in [0.4, 0.5) is 0 Å². The smallest absolute Gasteiger partial charge is 0.236 e. The summed E-state index contributed by atoms with van der Waals surface area (Å²) in [6, 6.07) is 9.74. The lowest BCUT2D eigenvalue weighted by Gasteiger charge is -2.29. The lowest BCUT2D eigenvalue weighted by Crippen LogP contribution is -2.44. The van der Waals surface area contributed by atoms with Gasteiger partial charge in [-0.25, -0.2) is 13.4 Å². The van der Waals surface area contributed by atoms with E-state index in [0.717, 1.165) is 15.6 Å². The Hall–Kier alpha value is -1.38. The van der Waals surface area contributed by atoms with Crippen molar-refractivity contribution in [3.63, 3.8) is 0 Å². The lowest BCUT2D eigenvalue weighted by molar-refractivity contribution is -0.131. The molecule has 2 atom stereocenters. The van der Waals surface area contributed by atoms with E-state index in [1.807, 2.05) is 49.6 Å². The summed E-state index contributed by atoms with van der Waals surface area (Å²) < 4.78 is 24.3. The number of carbonyl (C=O) groups is 1. The first-order valence-corrected chi connectivity index (χ1v) is 12.2. The maximum absolute atomic E-state index is 12.8. The van der Waals surface area contributed by atoms with Gasteiger partial charge in [0.25, 0.3) is 0 Å². The van der Waals surface area contributed by atoms with E-state index >= 15 is 0 Å². The van der Waals surface area contributed by atoms with E-state index in [-0.39, 0.29) is 28.7 Å². The van der Waals surface area contributed by atoms with Crippen LogP contribution in [-0.2, 0) is 14.6 Å². The molecule has 1 fully saturated rings. The minimum atomic E-state index is -3.01. The maximum Gasteiger partial charge on any atom is 0.236 e. The predicted octanol–water partition coefficient (Wildman–Crippen LogP) is 3.33. The van der Waals surface area contributed by atoms with Gasteiger partial charge in [-0.2, -0.15) is 0 Å². The van der Waals surface area contributed by atoms with E-state index in [9.17, 15) is 13.2 Å². The zero-order valence-corrected chi connectivity index (χ0v) is 17.2. The van der Waals surface area contributed by atoms with Crippen LogP contribution in [0.15, 0.2) is 40.1 Å². The number of carbonyl (C=O) groups excluding carboxylic acids is 1. The number of thioether (sulfide) groups is 1. The lowest BCUT2D eigenvalue weighted by atomic mass is 10.2. The topological polar surface area (TPSA) is 67.3 Å². The Morgan fingerprint density at radius 1 is 1.38 bits per heavy atom. The monoisotopic (exact) mass is 410 g/mol.